The van der Waals surface area contributed by atoms with Crippen molar-refractivity contribution in [3.05, 3.63) is 18.0 Å². The van der Waals surface area contributed by atoms with Crippen molar-refractivity contribution in [2.75, 3.05) is 45.0 Å². The molecule has 0 amide bonds. The fourth-order valence-electron chi connectivity index (χ4n) is 2.05. The monoisotopic (exact) mass is 305 g/mol. The third-order valence-electron chi connectivity index (χ3n) is 3.26. The van der Waals surface area contributed by atoms with E-state index in [1.165, 1.54) is 12.8 Å². The molecule has 0 radical (unpaired) electrons. The number of nitrogens with two attached hydrogens (primary N) is 1. The molecule has 120 valence electrons. The number of hydrogen-bond donors (Lipinski definition) is 2. The lowest BCUT2D eigenvalue weighted by atomic mass is 10.2. The van der Waals surface area contributed by atoms with E-state index in [-0.39, 0.29) is 0 Å². The van der Waals surface area contributed by atoms with Crippen molar-refractivity contribution in [1.29, 1.82) is 0 Å². The molecule has 0 aromatic carbocycles. The fourth-order valence-corrected chi connectivity index (χ4v) is 2.05. The van der Waals surface area contributed by atoms with Gasteiger partial charge in [-0.3, -0.25) is 4.98 Å². The van der Waals surface area contributed by atoms with Crippen LogP contribution in [-0.2, 0) is 15.9 Å². The Labute approximate surface area is 130 Å². The maximum absolute atomic E-state index is 5.77. The van der Waals surface area contributed by atoms with E-state index in [1.54, 1.807) is 20.4 Å². The van der Waals surface area contributed by atoms with E-state index in [1.807, 2.05) is 6.07 Å². The van der Waals surface area contributed by atoms with Crippen molar-refractivity contribution in [3.63, 3.8) is 0 Å². The minimum atomic E-state index is 0.392. The minimum Gasteiger partial charge on any atom is -0.384 e. The Morgan fingerprint density at radius 2 is 2.05 bits per heavy atom. The van der Waals surface area contributed by atoms with Crippen LogP contribution < -0.4 is 11.1 Å². The van der Waals surface area contributed by atoms with Crippen LogP contribution in [0.25, 0.3) is 11.0 Å². The molecule has 3 rings (SSSR count). The predicted octanol–water partition coefficient (Wildman–Crippen LogP) is 1.63. The highest BCUT2D eigenvalue weighted by Gasteiger charge is 2.05. The van der Waals surface area contributed by atoms with Crippen LogP contribution in [0.2, 0.25) is 0 Å². The molecule has 1 aliphatic heterocycles. The Morgan fingerprint density at radius 1 is 1.27 bits per heavy atom. The van der Waals surface area contributed by atoms with Gasteiger partial charge in [0.05, 0.1) is 18.3 Å². The van der Waals surface area contributed by atoms with Gasteiger partial charge in [-0.15, -0.1) is 0 Å². The summed E-state index contributed by atoms with van der Waals surface area (Å²) >= 11 is 0. The average molecular weight is 305 g/mol. The Hall–Kier alpha value is -1.99. The second-order valence-electron chi connectivity index (χ2n) is 4.93. The highest BCUT2D eigenvalue weighted by molar-refractivity contribution is 5.79. The zero-order valence-electron chi connectivity index (χ0n) is 13.1. The van der Waals surface area contributed by atoms with Gasteiger partial charge in [0, 0.05) is 39.5 Å². The lowest BCUT2D eigenvalue weighted by Crippen LogP contribution is -2.03. The summed E-state index contributed by atoms with van der Waals surface area (Å²) in [6, 6.07) is 1.89. The number of fused-ring (bicyclic) bond motifs is 1. The van der Waals surface area contributed by atoms with Gasteiger partial charge in [0.2, 0.25) is 0 Å². The van der Waals surface area contributed by atoms with Gasteiger partial charge in [0.1, 0.15) is 5.52 Å². The van der Waals surface area contributed by atoms with Crippen LogP contribution in [0.3, 0.4) is 0 Å². The zero-order valence-corrected chi connectivity index (χ0v) is 13.1. The Morgan fingerprint density at radius 3 is 2.64 bits per heavy atom. The molecule has 0 spiro atoms. The molecule has 1 fully saturated rings. The zero-order chi connectivity index (χ0) is 15.8. The molecule has 0 atom stereocenters. The summed E-state index contributed by atoms with van der Waals surface area (Å²) in [7, 11) is 3.42. The van der Waals surface area contributed by atoms with Gasteiger partial charge >= 0.3 is 0 Å². The second-order valence-corrected chi connectivity index (χ2v) is 4.93. The van der Waals surface area contributed by atoms with Crippen molar-refractivity contribution >= 4 is 22.7 Å². The molecule has 0 unspecified atom stereocenters. The smallest absolute Gasteiger partial charge is 0.169 e. The topological polar surface area (TPSA) is 95.2 Å². The molecule has 2 aromatic rings. The van der Waals surface area contributed by atoms with E-state index in [4.69, 9.17) is 15.2 Å². The van der Waals surface area contributed by atoms with Crippen LogP contribution in [0.1, 0.15) is 18.5 Å². The molecule has 7 heteroatoms. The third kappa shape index (κ3) is 4.51. The van der Waals surface area contributed by atoms with E-state index in [9.17, 15) is 0 Å². The molecule has 1 aliphatic rings. The number of pyridine rings is 1. The molecule has 7 nitrogen and oxygen atoms in total. The quantitative estimate of drug-likeness (QED) is 0.886. The van der Waals surface area contributed by atoms with E-state index >= 15 is 0 Å². The van der Waals surface area contributed by atoms with Gasteiger partial charge < -0.3 is 20.5 Å². The molecule has 0 aliphatic carbocycles. The first-order valence-corrected chi connectivity index (χ1v) is 7.41. The molecule has 1 saturated heterocycles. The summed E-state index contributed by atoms with van der Waals surface area (Å²) in [6.45, 7) is 2.63. The maximum Gasteiger partial charge on any atom is 0.169 e. The van der Waals surface area contributed by atoms with Crippen LogP contribution in [0.15, 0.2) is 12.3 Å². The highest BCUT2D eigenvalue weighted by Crippen LogP contribution is 2.18. The lowest BCUT2D eigenvalue weighted by molar-refractivity contribution is 0.198. The van der Waals surface area contributed by atoms with Crippen LogP contribution >= 0.6 is 0 Å². The highest BCUT2D eigenvalue weighted by atomic mass is 16.5. The van der Waals surface area contributed by atoms with E-state index < -0.39 is 0 Å². The molecule has 22 heavy (non-hydrogen) atoms. The predicted molar refractivity (Wildman–Crippen MR) is 86.9 cm³/mol. The summed E-state index contributed by atoms with van der Waals surface area (Å²) in [6.07, 6.45) is 5.01. The standard InChI is InChI=1S/C11H15N5O.C4H8O/c1-13-11-10(12)15-8-5-7(3-4-17-2)14-6-9(8)16-11;1-2-4-5-3-1/h5-6H,3-4H2,1-2H3,(H2,12,15)(H,13,16);1-4H2. The molecular formula is C15H23N5O2. The lowest BCUT2D eigenvalue weighted by Gasteiger charge is -2.06. The first-order valence-electron chi connectivity index (χ1n) is 7.41. The van der Waals surface area contributed by atoms with Crippen LogP contribution in [0, 0.1) is 0 Å². The Bertz CT molecular complexity index is 594. The van der Waals surface area contributed by atoms with Gasteiger partial charge in [-0.25, -0.2) is 9.97 Å². The summed E-state index contributed by atoms with van der Waals surface area (Å²) in [4.78, 5) is 12.9. The van der Waals surface area contributed by atoms with Crippen LogP contribution in [-0.4, -0.2) is 48.9 Å². The van der Waals surface area contributed by atoms with E-state index in [0.29, 0.717) is 18.2 Å². The number of ether oxygens (including phenoxy) is 2. The van der Waals surface area contributed by atoms with Gasteiger partial charge in [-0.1, -0.05) is 0 Å². The molecular weight excluding hydrogens is 282 g/mol. The van der Waals surface area contributed by atoms with Gasteiger partial charge in [-0.2, -0.15) is 0 Å². The number of nitrogens with zero attached hydrogens (tertiary/aromatic N) is 3. The minimum absolute atomic E-state index is 0.392. The van der Waals surface area contributed by atoms with Crippen molar-refractivity contribution in [3.8, 4) is 0 Å². The number of anilines is 2. The van der Waals surface area contributed by atoms with Crippen LogP contribution in [0.5, 0.6) is 0 Å². The van der Waals surface area contributed by atoms with Crippen LogP contribution in [0.4, 0.5) is 11.6 Å². The van der Waals surface area contributed by atoms with Crippen molar-refractivity contribution < 1.29 is 9.47 Å². The average Bonchev–Trinajstić information content (AvgIpc) is 3.11. The number of methoxy groups -OCH3 is 1. The molecule has 2 aromatic heterocycles. The van der Waals surface area contributed by atoms with Gasteiger partial charge in [-0.05, 0) is 18.9 Å². The molecule has 0 bridgehead atoms. The van der Waals surface area contributed by atoms with Crippen molar-refractivity contribution in [2.45, 2.75) is 19.3 Å². The number of nitrogen functional groups attached to an aromatic ring is 1. The molecule has 3 heterocycles. The first-order chi connectivity index (χ1) is 10.7. The second kappa shape index (κ2) is 8.45. The van der Waals surface area contributed by atoms with E-state index in [2.05, 4.69) is 20.3 Å². The fraction of sp³-hybridized carbons (Fsp3) is 0.533. The summed E-state index contributed by atoms with van der Waals surface area (Å²) in [5.41, 5.74) is 8.17. The van der Waals surface area contributed by atoms with E-state index in [0.717, 1.165) is 36.4 Å². The normalized spacial score (nSPS) is 13.7. The Balaban J connectivity index is 0.000000299. The van der Waals surface area contributed by atoms with Crippen molar-refractivity contribution in [1.82, 2.24) is 15.0 Å². The number of rotatable bonds is 4. The largest absolute Gasteiger partial charge is 0.384 e. The first kappa shape index (κ1) is 16.4. The maximum atomic E-state index is 5.77. The number of aromatic nitrogens is 3. The van der Waals surface area contributed by atoms with Gasteiger partial charge in [0.15, 0.2) is 11.6 Å². The number of nitrogens with one attached hydrogen (secondary N) is 1. The van der Waals surface area contributed by atoms with Gasteiger partial charge in [0.25, 0.3) is 0 Å². The summed E-state index contributed by atoms with van der Waals surface area (Å²) in [5.74, 6) is 0.966. The molecule has 0 saturated carbocycles. The Kier molecular flexibility index (Phi) is 6.29. The summed E-state index contributed by atoms with van der Waals surface area (Å²) in [5, 5.41) is 2.89. The summed E-state index contributed by atoms with van der Waals surface area (Å²) < 4.78 is 9.95. The SMILES string of the molecule is C1CCOC1.CNc1nc2cnc(CCOC)cc2nc1N. The third-order valence-corrected chi connectivity index (χ3v) is 3.26. The number of hydrogen-bond acceptors (Lipinski definition) is 7. The molecule has 3 N–H and O–H groups in total. The van der Waals surface area contributed by atoms with Crippen molar-refractivity contribution in [2.24, 2.45) is 0 Å².